The smallest absolute Gasteiger partial charge is 0.235 e. The maximum absolute atomic E-state index is 12.3. The molecule has 6 nitrogen and oxygen atoms in total. The minimum absolute atomic E-state index is 0.225. The quantitative estimate of drug-likeness (QED) is 0.922. The summed E-state index contributed by atoms with van der Waals surface area (Å²) in [6.45, 7) is 1.39. The first-order valence-corrected chi connectivity index (χ1v) is 8.83. The Morgan fingerprint density at radius 1 is 1.25 bits per heavy atom. The zero-order valence-corrected chi connectivity index (χ0v) is 12.3. The molecule has 1 aliphatic heterocycles. The van der Waals surface area contributed by atoms with Crippen molar-refractivity contribution in [2.75, 3.05) is 17.9 Å². The van der Waals surface area contributed by atoms with Crippen LogP contribution < -0.4 is 4.72 Å². The Morgan fingerprint density at radius 3 is 2.75 bits per heavy atom. The zero-order chi connectivity index (χ0) is 14.0. The molecule has 0 bridgehead atoms. The second-order valence-electron chi connectivity index (χ2n) is 5.63. The van der Waals surface area contributed by atoms with Crippen LogP contribution in [0.4, 0.5) is 5.69 Å². The standard InChI is InChI=1S/C13H21N3O3S/c17-20(18,13-4-2-1-3-5-13)15-11-8-14-16(9-11)12-6-7-19-10-12/h8-9,12-13,15H,1-7,10H2/t12-/m1/s1. The molecular formula is C13H21N3O3S. The molecule has 1 N–H and O–H groups in total. The third kappa shape index (κ3) is 2.98. The van der Waals surface area contributed by atoms with E-state index < -0.39 is 10.0 Å². The largest absolute Gasteiger partial charge is 0.379 e. The third-order valence-electron chi connectivity index (χ3n) is 4.13. The number of hydrogen-bond donors (Lipinski definition) is 1. The number of aromatic nitrogens is 2. The Hall–Kier alpha value is -1.08. The Bertz CT molecular complexity index is 543. The predicted molar refractivity (Wildman–Crippen MR) is 76.1 cm³/mol. The van der Waals surface area contributed by atoms with Crippen LogP contribution in [0, 0.1) is 0 Å². The molecule has 2 fully saturated rings. The summed E-state index contributed by atoms with van der Waals surface area (Å²) < 4.78 is 34.4. The number of anilines is 1. The molecule has 0 spiro atoms. The van der Waals surface area contributed by atoms with E-state index >= 15 is 0 Å². The van der Waals surface area contributed by atoms with Gasteiger partial charge in [-0.05, 0) is 19.3 Å². The van der Waals surface area contributed by atoms with E-state index in [1.54, 1.807) is 17.1 Å². The molecule has 1 aromatic heterocycles. The van der Waals surface area contributed by atoms with E-state index in [0.717, 1.165) is 45.1 Å². The van der Waals surface area contributed by atoms with E-state index in [2.05, 4.69) is 9.82 Å². The Balaban J connectivity index is 1.67. The fraction of sp³-hybridized carbons (Fsp3) is 0.769. The van der Waals surface area contributed by atoms with Gasteiger partial charge in [0.2, 0.25) is 10.0 Å². The van der Waals surface area contributed by atoms with Crippen LogP contribution in [0.5, 0.6) is 0 Å². The Morgan fingerprint density at radius 2 is 2.05 bits per heavy atom. The van der Waals surface area contributed by atoms with Crippen molar-refractivity contribution in [3.8, 4) is 0 Å². The molecule has 3 rings (SSSR count). The monoisotopic (exact) mass is 299 g/mol. The average Bonchev–Trinajstić information content (AvgIpc) is 3.10. The molecule has 1 saturated heterocycles. The summed E-state index contributed by atoms with van der Waals surface area (Å²) in [5, 5.41) is 3.98. The number of nitrogens with one attached hydrogen (secondary N) is 1. The molecule has 2 aliphatic rings. The van der Waals surface area contributed by atoms with Crippen molar-refractivity contribution in [1.82, 2.24) is 9.78 Å². The normalized spacial score (nSPS) is 24.9. The van der Waals surface area contributed by atoms with Gasteiger partial charge >= 0.3 is 0 Å². The predicted octanol–water partition coefficient (Wildman–Crippen LogP) is 1.92. The first-order chi connectivity index (χ1) is 9.65. The summed E-state index contributed by atoms with van der Waals surface area (Å²) >= 11 is 0. The van der Waals surface area contributed by atoms with Crippen molar-refractivity contribution in [3.63, 3.8) is 0 Å². The molecule has 112 valence electrons. The fourth-order valence-electron chi connectivity index (χ4n) is 2.94. The van der Waals surface area contributed by atoms with Crippen LogP contribution in [-0.4, -0.2) is 36.7 Å². The minimum Gasteiger partial charge on any atom is -0.379 e. The lowest BCUT2D eigenvalue weighted by Crippen LogP contribution is -2.29. The molecular weight excluding hydrogens is 278 g/mol. The van der Waals surface area contributed by atoms with Crippen molar-refractivity contribution < 1.29 is 13.2 Å². The molecule has 2 heterocycles. The number of hydrogen-bond acceptors (Lipinski definition) is 4. The Kier molecular flexibility index (Phi) is 3.98. The summed E-state index contributed by atoms with van der Waals surface area (Å²) in [5.41, 5.74) is 0.558. The van der Waals surface area contributed by atoms with E-state index in [0.29, 0.717) is 12.3 Å². The van der Waals surface area contributed by atoms with E-state index in [1.165, 1.54) is 0 Å². The van der Waals surface area contributed by atoms with Crippen molar-refractivity contribution in [2.24, 2.45) is 0 Å². The number of rotatable bonds is 4. The number of ether oxygens (including phenoxy) is 1. The van der Waals surface area contributed by atoms with Gasteiger partial charge in [-0.2, -0.15) is 5.10 Å². The fourth-order valence-corrected chi connectivity index (χ4v) is 4.50. The van der Waals surface area contributed by atoms with Crippen LogP contribution in [0.1, 0.15) is 44.6 Å². The topological polar surface area (TPSA) is 73.2 Å². The lowest BCUT2D eigenvalue weighted by molar-refractivity contribution is 0.184. The molecule has 1 aliphatic carbocycles. The third-order valence-corrected chi connectivity index (χ3v) is 6.00. The molecule has 1 saturated carbocycles. The van der Waals surface area contributed by atoms with Crippen LogP contribution >= 0.6 is 0 Å². The SMILES string of the molecule is O=S(=O)(Nc1cnn([C@@H]2CCOC2)c1)C1CCCCC1. The van der Waals surface area contributed by atoms with E-state index in [4.69, 9.17) is 4.74 Å². The van der Waals surface area contributed by atoms with Gasteiger partial charge in [-0.3, -0.25) is 9.40 Å². The van der Waals surface area contributed by atoms with Crippen LogP contribution in [0.2, 0.25) is 0 Å². The lowest BCUT2D eigenvalue weighted by atomic mass is 10.0. The van der Waals surface area contributed by atoms with Gasteiger partial charge in [0.05, 0.1) is 29.8 Å². The molecule has 1 aromatic rings. The maximum Gasteiger partial charge on any atom is 0.235 e. The summed E-state index contributed by atoms with van der Waals surface area (Å²) in [6, 6.07) is 0.225. The molecule has 0 amide bonds. The number of sulfonamides is 1. The lowest BCUT2D eigenvalue weighted by Gasteiger charge is -2.21. The first-order valence-electron chi connectivity index (χ1n) is 7.29. The second kappa shape index (κ2) is 5.73. The van der Waals surface area contributed by atoms with E-state index in [-0.39, 0.29) is 11.3 Å². The second-order valence-corrected chi connectivity index (χ2v) is 7.59. The van der Waals surface area contributed by atoms with Gasteiger partial charge in [-0.15, -0.1) is 0 Å². The number of nitrogens with zero attached hydrogens (tertiary/aromatic N) is 2. The van der Waals surface area contributed by atoms with Crippen molar-refractivity contribution >= 4 is 15.7 Å². The molecule has 7 heteroatoms. The highest BCUT2D eigenvalue weighted by Gasteiger charge is 2.28. The van der Waals surface area contributed by atoms with Gasteiger partial charge in [0, 0.05) is 12.8 Å². The van der Waals surface area contributed by atoms with Crippen molar-refractivity contribution in [1.29, 1.82) is 0 Å². The van der Waals surface area contributed by atoms with E-state index in [1.807, 2.05) is 0 Å². The highest BCUT2D eigenvalue weighted by atomic mass is 32.2. The van der Waals surface area contributed by atoms with Crippen LogP contribution in [0.3, 0.4) is 0 Å². The molecule has 0 radical (unpaired) electrons. The summed E-state index contributed by atoms with van der Waals surface area (Å²) in [6.07, 6.45) is 8.95. The van der Waals surface area contributed by atoms with Crippen molar-refractivity contribution in [2.45, 2.75) is 49.8 Å². The summed E-state index contributed by atoms with van der Waals surface area (Å²) in [7, 11) is -3.28. The highest BCUT2D eigenvalue weighted by Crippen LogP contribution is 2.26. The first kappa shape index (κ1) is 13.9. The van der Waals surface area contributed by atoms with Gasteiger partial charge in [0.15, 0.2) is 0 Å². The van der Waals surface area contributed by atoms with Gasteiger partial charge in [0.25, 0.3) is 0 Å². The van der Waals surface area contributed by atoms with Gasteiger partial charge in [-0.25, -0.2) is 8.42 Å². The molecule has 20 heavy (non-hydrogen) atoms. The van der Waals surface area contributed by atoms with Crippen LogP contribution in [-0.2, 0) is 14.8 Å². The van der Waals surface area contributed by atoms with Crippen molar-refractivity contribution in [3.05, 3.63) is 12.4 Å². The van der Waals surface area contributed by atoms with Gasteiger partial charge in [-0.1, -0.05) is 19.3 Å². The van der Waals surface area contributed by atoms with Gasteiger partial charge in [0.1, 0.15) is 0 Å². The highest BCUT2D eigenvalue weighted by molar-refractivity contribution is 7.93. The van der Waals surface area contributed by atoms with Crippen LogP contribution in [0.15, 0.2) is 12.4 Å². The van der Waals surface area contributed by atoms with E-state index in [9.17, 15) is 8.42 Å². The van der Waals surface area contributed by atoms with Gasteiger partial charge < -0.3 is 4.74 Å². The summed E-state index contributed by atoms with van der Waals surface area (Å²) in [4.78, 5) is 0. The average molecular weight is 299 g/mol. The molecule has 1 atom stereocenters. The Labute approximate surface area is 119 Å². The minimum atomic E-state index is -3.28. The summed E-state index contributed by atoms with van der Waals surface area (Å²) in [5.74, 6) is 0. The maximum atomic E-state index is 12.3. The molecule has 0 aromatic carbocycles. The van der Waals surface area contributed by atoms with Crippen LogP contribution in [0.25, 0.3) is 0 Å². The molecule has 0 unspecified atom stereocenters. The zero-order valence-electron chi connectivity index (χ0n) is 11.5.